The molecule has 1 aromatic heterocycles. The minimum atomic E-state index is -3.79. The molecule has 146 valence electrons. The van der Waals surface area contributed by atoms with E-state index in [1.807, 2.05) is 42.0 Å². The van der Waals surface area contributed by atoms with E-state index in [4.69, 9.17) is 0 Å². The molecule has 1 N–H and O–H groups in total. The first-order valence-corrected chi connectivity index (χ1v) is 10.1. The molecule has 8 heteroatoms. The van der Waals surface area contributed by atoms with Gasteiger partial charge in [0.15, 0.2) is 0 Å². The van der Waals surface area contributed by atoms with Gasteiger partial charge in [0.2, 0.25) is 10.0 Å². The largest absolute Gasteiger partial charge is 0.465 e. The quantitative estimate of drug-likeness (QED) is 0.644. The van der Waals surface area contributed by atoms with Crippen molar-refractivity contribution in [2.24, 2.45) is 0 Å². The fourth-order valence-corrected chi connectivity index (χ4v) is 4.10. The second-order valence-corrected chi connectivity index (χ2v) is 8.04. The molecule has 0 spiro atoms. The summed E-state index contributed by atoms with van der Waals surface area (Å²) in [4.78, 5) is 15.9. The van der Waals surface area contributed by atoms with Gasteiger partial charge in [-0.3, -0.25) is 0 Å². The Morgan fingerprint density at radius 2 is 1.86 bits per heavy atom. The molecule has 2 aromatic carbocycles. The van der Waals surface area contributed by atoms with Gasteiger partial charge in [0.1, 0.15) is 5.82 Å². The number of aryl methyl sites for hydroxylation is 2. The van der Waals surface area contributed by atoms with Gasteiger partial charge >= 0.3 is 5.97 Å². The number of carbonyl (C=O) groups excluding carboxylic acids is 1. The number of sulfonamides is 1. The molecule has 0 atom stereocenters. The van der Waals surface area contributed by atoms with Gasteiger partial charge in [0.05, 0.1) is 17.6 Å². The first-order valence-electron chi connectivity index (χ1n) is 8.60. The van der Waals surface area contributed by atoms with Gasteiger partial charge < -0.3 is 9.30 Å². The zero-order valence-corrected chi connectivity index (χ0v) is 16.7. The molecular weight excluding hydrogens is 378 g/mol. The zero-order valence-electron chi connectivity index (χ0n) is 15.8. The van der Waals surface area contributed by atoms with Crippen LogP contribution in [0.2, 0.25) is 0 Å². The molecule has 0 amide bonds. The topological polar surface area (TPSA) is 90.3 Å². The molecule has 0 radical (unpaired) electrons. The maximum atomic E-state index is 12.7. The van der Waals surface area contributed by atoms with Crippen LogP contribution < -0.4 is 4.72 Å². The van der Waals surface area contributed by atoms with Crippen molar-refractivity contribution in [3.05, 3.63) is 77.4 Å². The first kappa shape index (κ1) is 19.8. The van der Waals surface area contributed by atoms with Crippen LogP contribution in [0, 0.1) is 13.8 Å². The molecule has 7 nitrogen and oxygen atoms in total. The van der Waals surface area contributed by atoms with Crippen LogP contribution in [-0.4, -0.2) is 31.0 Å². The number of carbonyl (C=O) groups is 1. The summed E-state index contributed by atoms with van der Waals surface area (Å²) in [7, 11) is -2.53. The lowest BCUT2D eigenvalue weighted by molar-refractivity contribution is 0.0600. The van der Waals surface area contributed by atoms with E-state index in [0.717, 1.165) is 17.1 Å². The summed E-state index contributed by atoms with van der Waals surface area (Å²) in [6, 6.07) is 12.0. The third-order valence-electron chi connectivity index (χ3n) is 4.41. The van der Waals surface area contributed by atoms with E-state index in [1.54, 1.807) is 19.2 Å². The fourth-order valence-electron chi connectivity index (χ4n) is 2.82. The Hall–Kier alpha value is -2.97. The lowest BCUT2D eigenvalue weighted by Gasteiger charge is -2.11. The van der Waals surface area contributed by atoms with Crippen LogP contribution in [0.25, 0.3) is 5.69 Å². The predicted molar refractivity (Wildman–Crippen MR) is 105 cm³/mol. The Bertz CT molecular complexity index is 1100. The van der Waals surface area contributed by atoms with Crippen molar-refractivity contribution in [3.63, 3.8) is 0 Å². The van der Waals surface area contributed by atoms with Gasteiger partial charge in [-0.1, -0.05) is 18.2 Å². The van der Waals surface area contributed by atoms with Crippen molar-refractivity contribution in [2.75, 3.05) is 7.11 Å². The molecule has 1 heterocycles. The van der Waals surface area contributed by atoms with Crippen molar-refractivity contribution in [1.29, 1.82) is 0 Å². The van der Waals surface area contributed by atoms with Crippen molar-refractivity contribution in [1.82, 2.24) is 14.3 Å². The highest BCUT2D eigenvalue weighted by molar-refractivity contribution is 7.89. The molecule has 0 saturated heterocycles. The molecule has 0 fully saturated rings. The molecule has 0 aliphatic heterocycles. The second kappa shape index (κ2) is 7.95. The fraction of sp³-hybridized carbons (Fsp3) is 0.200. The van der Waals surface area contributed by atoms with Crippen molar-refractivity contribution >= 4 is 16.0 Å². The SMILES string of the molecule is COC(=O)c1ccc(C)c(S(=O)(=O)NCc2ccc(-n3ccnc3C)cc2)c1. The van der Waals surface area contributed by atoms with Gasteiger partial charge in [-0.15, -0.1) is 0 Å². The van der Waals surface area contributed by atoms with Crippen molar-refractivity contribution in [2.45, 2.75) is 25.3 Å². The lowest BCUT2D eigenvalue weighted by Crippen LogP contribution is -2.24. The van der Waals surface area contributed by atoms with Crippen LogP contribution in [0.15, 0.2) is 59.8 Å². The number of aromatic nitrogens is 2. The van der Waals surface area contributed by atoms with E-state index in [-0.39, 0.29) is 17.0 Å². The Balaban J connectivity index is 1.77. The van der Waals surface area contributed by atoms with Gasteiger partial charge in [0.25, 0.3) is 0 Å². The number of hydrogen-bond acceptors (Lipinski definition) is 5. The summed E-state index contributed by atoms with van der Waals surface area (Å²) >= 11 is 0. The van der Waals surface area contributed by atoms with Crippen LogP contribution in [0.3, 0.4) is 0 Å². The third kappa shape index (κ3) is 4.13. The highest BCUT2D eigenvalue weighted by Gasteiger charge is 2.19. The Labute approximate surface area is 164 Å². The van der Waals surface area contributed by atoms with Crippen LogP contribution in [0.1, 0.15) is 27.3 Å². The van der Waals surface area contributed by atoms with E-state index < -0.39 is 16.0 Å². The van der Waals surface area contributed by atoms with Crippen LogP contribution in [-0.2, 0) is 21.3 Å². The first-order chi connectivity index (χ1) is 13.3. The summed E-state index contributed by atoms with van der Waals surface area (Å²) in [5, 5.41) is 0. The summed E-state index contributed by atoms with van der Waals surface area (Å²) in [6.07, 6.45) is 3.59. The Morgan fingerprint density at radius 1 is 1.14 bits per heavy atom. The van der Waals surface area contributed by atoms with Crippen LogP contribution in [0.5, 0.6) is 0 Å². The van der Waals surface area contributed by atoms with E-state index in [1.165, 1.54) is 19.2 Å². The van der Waals surface area contributed by atoms with Gasteiger partial charge in [-0.05, 0) is 49.2 Å². The number of imidazole rings is 1. The summed E-state index contributed by atoms with van der Waals surface area (Å²) < 4.78 is 34.6. The average Bonchev–Trinajstić information content (AvgIpc) is 3.12. The van der Waals surface area contributed by atoms with Crippen molar-refractivity contribution in [3.8, 4) is 5.69 Å². The maximum absolute atomic E-state index is 12.7. The number of esters is 1. The molecule has 3 aromatic rings. The van der Waals surface area contributed by atoms with Gasteiger partial charge in [0, 0.05) is 24.6 Å². The minimum absolute atomic E-state index is 0.0565. The number of ether oxygens (including phenoxy) is 1. The van der Waals surface area contributed by atoms with Crippen LogP contribution >= 0.6 is 0 Å². The van der Waals surface area contributed by atoms with E-state index >= 15 is 0 Å². The monoisotopic (exact) mass is 399 g/mol. The van der Waals surface area contributed by atoms with Crippen LogP contribution in [0.4, 0.5) is 0 Å². The summed E-state index contributed by atoms with van der Waals surface area (Å²) in [5.74, 6) is 0.288. The summed E-state index contributed by atoms with van der Waals surface area (Å²) in [5.41, 5.74) is 2.50. The highest BCUT2D eigenvalue weighted by atomic mass is 32.2. The Morgan fingerprint density at radius 3 is 2.46 bits per heavy atom. The molecule has 0 aliphatic carbocycles. The predicted octanol–water partition coefficient (Wildman–Crippen LogP) is 2.75. The Kier molecular flexibility index (Phi) is 5.62. The highest BCUT2D eigenvalue weighted by Crippen LogP contribution is 2.18. The third-order valence-corrected chi connectivity index (χ3v) is 5.95. The molecule has 0 aliphatic rings. The summed E-state index contributed by atoms with van der Waals surface area (Å²) in [6.45, 7) is 3.72. The zero-order chi connectivity index (χ0) is 20.3. The van der Waals surface area contributed by atoms with Gasteiger partial charge in [-0.2, -0.15) is 0 Å². The smallest absolute Gasteiger partial charge is 0.337 e. The molecule has 0 bridgehead atoms. The van der Waals surface area contributed by atoms with E-state index in [2.05, 4.69) is 14.4 Å². The molecule has 3 rings (SSSR count). The standard InChI is InChI=1S/C20H21N3O4S/c1-14-4-7-17(20(24)27-3)12-19(14)28(25,26)22-13-16-5-8-18(9-6-16)23-11-10-21-15(23)2/h4-12,22H,13H2,1-3H3. The normalized spacial score (nSPS) is 11.4. The molecular formula is C20H21N3O4S. The number of methoxy groups -OCH3 is 1. The molecule has 28 heavy (non-hydrogen) atoms. The molecule has 0 saturated carbocycles. The number of nitrogens with zero attached hydrogens (tertiary/aromatic N) is 2. The number of nitrogens with one attached hydrogen (secondary N) is 1. The number of hydrogen-bond donors (Lipinski definition) is 1. The number of benzene rings is 2. The number of rotatable bonds is 6. The van der Waals surface area contributed by atoms with Gasteiger partial charge in [-0.25, -0.2) is 22.9 Å². The lowest BCUT2D eigenvalue weighted by atomic mass is 10.1. The average molecular weight is 399 g/mol. The molecule has 0 unspecified atom stereocenters. The minimum Gasteiger partial charge on any atom is -0.465 e. The maximum Gasteiger partial charge on any atom is 0.337 e. The van der Waals surface area contributed by atoms with E-state index in [0.29, 0.717) is 5.56 Å². The second-order valence-electron chi connectivity index (χ2n) is 6.31. The van der Waals surface area contributed by atoms with Crippen molar-refractivity contribution < 1.29 is 17.9 Å². The van der Waals surface area contributed by atoms with E-state index in [9.17, 15) is 13.2 Å².